The molecule has 1 saturated heterocycles. The zero-order chi connectivity index (χ0) is 27.2. The predicted molar refractivity (Wildman–Crippen MR) is 135 cm³/mol. The third-order valence-electron chi connectivity index (χ3n) is 5.70. The molecule has 0 unspecified atom stereocenters. The van der Waals surface area contributed by atoms with Crippen molar-refractivity contribution in [3.8, 4) is 11.5 Å². The molecule has 1 aliphatic rings. The number of allylic oxidation sites excluding steroid dienone is 1. The minimum atomic E-state index is -0.667. The number of urea groups is 1. The van der Waals surface area contributed by atoms with E-state index in [1.807, 2.05) is 0 Å². The maximum atomic E-state index is 14.1. The lowest BCUT2D eigenvalue weighted by Crippen LogP contribution is -2.30. The van der Waals surface area contributed by atoms with Crippen molar-refractivity contribution in [2.75, 3.05) is 14.2 Å². The van der Waals surface area contributed by atoms with E-state index in [0.29, 0.717) is 34.6 Å². The van der Waals surface area contributed by atoms with Crippen LogP contribution in [-0.2, 0) is 29.1 Å². The van der Waals surface area contributed by atoms with E-state index in [2.05, 4.69) is 16.6 Å². The first-order valence-corrected chi connectivity index (χ1v) is 11.5. The molecule has 0 bridgehead atoms. The van der Waals surface area contributed by atoms with Crippen LogP contribution in [0.4, 0.5) is 9.18 Å². The number of halogens is 1. The highest BCUT2D eigenvalue weighted by Crippen LogP contribution is 2.35. The third kappa shape index (κ3) is 5.59. The van der Waals surface area contributed by atoms with E-state index in [0.717, 1.165) is 4.90 Å². The zero-order valence-electron chi connectivity index (χ0n) is 20.8. The number of esters is 1. The van der Waals surface area contributed by atoms with Crippen LogP contribution >= 0.6 is 0 Å². The van der Waals surface area contributed by atoms with E-state index in [1.165, 1.54) is 38.5 Å². The first-order valence-electron chi connectivity index (χ1n) is 11.5. The van der Waals surface area contributed by atoms with Gasteiger partial charge in [0, 0.05) is 11.1 Å². The lowest BCUT2D eigenvalue weighted by atomic mass is 10.0. The molecule has 2 heterocycles. The molecule has 0 aliphatic carbocycles. The van der Waals surface area contributed by atoms with Gasteiger partial charge in [-0.3, -0.25) is 9.69 Å². The van der Waals surface area contributed by atoms with Crippen LogP contribution in [0.5, 0.6) is 11.5 Å². The first-order chi connectivity index (χ1) is 18.3. The Hall–Kier alpha value is -4.86. The minimum Gasteiger partial charge on any atom is -0.493 e. The molecule has 0 spiro atoms. The standard InChI is InChI=1S/C28H25FN2O7/c1-4-7-18-12-17(14-24(35-2)25(18)37-16-19-8-5-6-9-21(19)29)13-22-26(32)31(28(34)30-22)15-20-10-11-23(38-20)27(33)36-3/h4-6,8-14H,1,7,15-16H2,2-3H3,(H,30,34)/b22-13-. The number of rotatable bonds is 10. The van der Waals surface area contributed by atoms with Crippen molar-refractivity contribution in [2.24, 2.45) is 0 Å². The topological polar surface area (TPSA) is 107 Å². The highest BCUT2D eigenvalue weighted by Gasteiger charge is 2.34. The fraction of sp³-hybridized carbons (Fsp3) is 0.179. The monoisotopic (exact) mass is 520 g/mol. The molecule has 1 N–H and O–H groups in total. The lowest BCUT2D eigenvalue weighted by molar-refractivity contribution is -0.123. The fourth-order valence-electron chi connectivity index (χ4n) is 3.87. The summed E-state index contributed by atoms with van der Waals surface area (Å²) in [5, 5.41) is 2.55. The zero-order valence-corrected chi connectivity index (χ0v) is 20.8. The van der Waals surface area contributed by atoms with Crippen molar-refractivity contribution in [1.29, 1.82) is 0 Å². The van der Waals surface area contributed by atoms with Gasteiger partial charge in [-0.1, -0.05) is 24.3 Å². The number of nitrogens with zero attached hydrogens (tertiary/aromatic N) is 1. The summed E-state index contributed by atoms with van der Waals surface area (Å²) in [6.07, 6.45) is 3.60. The van der Waals surface area contributed by atoms with Gasteiger partial charge in [-0.15, -0.1) is 6.58 Å². The van der Waals surface area contributed by atoms with Gasteiger partial charge in [0.2, 0.25) is 5.76 Å². The van der Waals surface area contributed by atoms with Gasteiger partial charge in [0.15, 0.2) is 11.5 Å². The van der Waals surface area contributed by atoms with Crippen molar-refractivity contribution < 1.29 is 37.4 Å². The molecule has 38 heavy (non-hydrogen) atoms. The smallest absolute Gasteiger partial charge is 0.373 e. The Balaban J connectivity index is 1.57. The van der Waals surface area contributed by atoms with E-state index in [9.17, 15) is 18.8 Å². The van der Waals surface area contributed by atoms with E-state index < -0.39 is 17.9 Å². The Labute approximate surface area is 218 Å². The summed E-state index contributed by atoms with van der Waals surface area (Å²) in [4.78, 5) is 38.0. The Morgan fingerprint density at radius 2 is 1.92 bits per heavy atom. The van der Waals surface area contributed by atoms with Gasteiger partial charge >= 0.3 is 12.0 Å². The lowest BCUT2D eigenvalue weighted by Gasteiger charge is -2.16. The summed E-state index contributed by atoms with van der Waals surface area (Å²) in [7, 11) is 2.69. The van der Waals surface area contributed by atoms with Crippen molar-refractivity contribution >= 4 is 24.0 Å². The van der Waals surface area contributed by atoms with Crippen molar-refractivity contribution in [1.82, 2.24) is 10.2 Å². The SMILES string of the molecule is C=CCc1cc(/C=C2\NC(=O)N(Cc3ccc(C(=O)OC)o3)C2=O)cc(OC)c1OCc1ccccc1F. The third-order valence-corrected chi connectivity index (χ3v) is 5.70. The average molecular weight is 521 g/mol. The molecule has 2 aromatic carbocycles. The van der Waals surface area contributed by atoms with Crippen LogP contribution in [0.3, 0.4) is 0 Å². The number of imide groups is 1. The van der Waals surface area contributed by atoms with Crippen LogP contribution in [0.15, 0.2) is 71.3 Å². The molecule has 1 fully saturated rings. The van der Waals surface area contributed by atoms with Gasteiger partial charge in [0.25, 0.3) is 5.91 Å². The number of benzene rings is 2. The molecule has 4 rings (SSSR count). The van der Waals surface area contributed by atoms with Gasteiger partial charge < -0.3 is 23.9 Å². The number of hydrogen-bond acceptors (Lipinski definition) is 7. The number of amides is 3. The molecular formula is C28H25FN2O7. The van der Waals surface area contributed by atoms with E-state index in [1.54, 1.807) is 36.4 Å². The molecular weight excluding hydrogens is 495 g/mol. The number of nitrogens with one attached hydrogen (secondary N) is 1. The largest absolute Gasteiger partial charge is 0.493 e. The number of methoxy groups -OCH3 is 2. The summed E-state index contributed by atoms with van der Waals surface area (Å²) in [6.45, 7) is 3.59. The Morgan fingerprint density at radius 1 is 1.13 bits per heavy atom. The van der Waals surface area contributed by atoms with E-state index >= 15 is 0 Å². The summed E-state index contributed by atoms with van der Waals surface area (Å²) >= 11 is 0. The second-order valence-corrected chi connectivity index (χ2v) is 8.22. The second-order valence-electron chi connectivity index (χ2n) is 8.22. The first kappa shape index (κ1) is 26.2. The minimum absolute atomic E-state index is 0.0123. The van der Waals surface area contributed by atoms with Crippen LogP contribution in [0.1, 0.15) is 33.0 Å². The number of ether oxygens (including phenoxy) is 3. The van der Waals surface area contributed by atoms with Crippen LogP contribution in [0.25, 0.3) is 6.08 Å². The molecule has 0 radical (unpaired) electrons. The van der Waals surface area contributed by atoms with Gasteiger partial charge in [0.05, 0.1) is 20.8 Å². The van der Waals surface area contributed by atoms with Crippen LogP contribution < -0.4 is 14.8 Å². The van der Waals surface area contributed by atoms with Crippen molar-refractivity contribution in [3.63, 3.8) is 0 Å². The maximum Gasteiger partial charge on any atom is 0.373 e. The summed E-state index contributed by atoms with van der Waals surface area (Å²) in [5.41, 5.74) is 1.69. The summed E-state index contributed by atoms with van der Waals surface area (Å²) in [5.74, 6) is -0.637. The van der Waals surface area contributed by atoms with Gasteiger partial charge in [-0.2, -0.15) is 0 Å². The maximum absolute atomic E-state index is 14.1. The van der Waals surface area contributed by atoms with Crippen molar-refractivity contribution in [2.45, 2.75) is 19.6 Å². The highest BCUT2D eigenvalue weighted by molar-refractivity contribution is 6.13. The predicted octanol–water partition coefficient (Wildman–Crippen LogP) is 4.61. The van der Waals surface area contributed by atoms with Crippen LogP contribution in [-0.4, -0.2) is 37.0 Å². The molecule has 9 nitrogen and oxygen atoms in total. The quantitative estimate of drug-likeness (QED) is 0.180. The van der Waals surface area contributed by atoms with Gasteiger partial charge in [0.1, 0.15) is 23.9 Å². The highest BCUT2D eigenvalue weighted by atomic mass is 19.1. The Bertz CT molecular complexity index is 1430. The van der Waals surface area contributed by atoms with E-state index in [4.69, 9.17) is 13.9 Å². The molecule has 3 amide bonds. The fourth-order valence-corrected chi connectivity index (χ4v) is 3.87. The van der Waals surface area contributed by atoms with Crippen LogP contribution in [0, 0.1) is 5.82 Å². The number of carbonyl (C=O) groups is 3. The number of hydrogen-bond donors (Lipinski definition) is 1. The molecule has 1 aromatic heterocycles. The van der Waals surface area contributed by atoms with Crippen molar-refractivity contribution in [3.05, 3.63) is 101 Å². The van der Waals surface area contributed by atoms with E-state index in [-0.39, 0.29) is 36.2 Å². The number of carbonyl (C=O) groups excluding carboxylic acids is 3. The Morgan fingerprint density at radius 3 is 2.63 bits per heavy atom. The molecule has 0 atom stereocenters. The van der Waals surface area contributed by atoms with Gasteiger partial charge in [-0.05, 0) is 48.4 Å². The molecule has 1 aliphatic heterocycles. The molecule has 196 valence electrons. The normalized spacial score (nSPS) is 14.0. The average Bonchev–Trinajstić information content (AvgIpc) is 3.48. The molecule has 0 saturated carbocycles. The second kappa shape index (κ2) is 11.5. The Kier molecular flexibility index (Phi) is 7.91. The number of furan rings is 1. The molecule has 10 heteroatoms. The summed E-state index contributed by atoms with van der Waals surface area (Å²) in [6, 6.07) is 12.0. The van der Waals surface area contributed by atoms with Crippen LogP contribution in [0.2, 0.25) is 0 Å². The van der Waals surface area contributed by atoms with Gasteiger partial charge in [-0.25, -0.2) is 14.0 Å². The molecule has 3 aromatic rings. The summed E-state index contributed by atoms with van der Waals surface area (Å²) < 4.78 is 35.5.